The summed E-state index contributed by atoms with van der Waals surface area (Å²) in [6, 6.07) is 16.1. The molecule has 1 aliphatic rings. The minimum absolute atomic E-state index is 0.132. The fourth-order valence-electron chi connectivity index (χ4n) is 3.86. The van der Waals surface area contributed by atoms with Crippen LogP contribution in [0.1, 0.15) is 5.56 Å². The number of fused-ring (bicyclic) bond motifs is 1. The summed E-state index contributed by atoms with van der Waals surface area (Å²) in [5.74, 6) is 1.91. The molecule has 31 heavy (non-hydrogen) atoms. The number of hydrogen-bond donors (Lipinski definition) is 0. The van der Waals surface area contributed by atoms with Crippen molar-refractivity contribution >= 4 is 34.1 Å². The Labute approximate surface area is 188 Å². The molecular formula is C24H27ClN4O2. The first kappa shape index (κ1) is 21.4. The van der Waals surface area contributed by atoms with E-state index in [-0.39, 0.29) is 5.91 Å². The molecule has 0 atom stereocenters. The van der Waals surface area contributed by atoms with Crippen molar-refractivity contribution in [2.24, 2.45) is 0 Å². The van der Waals surface area contributed by atoms with Crippen LogP contribution >= 0.6 is 11.6 Å². The second-order valence-corrected chi connectivity index (χ2v) is 8.33. The Morgan fingerprint density at radius 3 is 2.52 bits per heavy atom. The van der Waals surface area contributed by atoms with Gasteiger partial charge in [-0.05, 0) is 46.7 Å². The lowest BCUT2D eigenvalue weighted by molar-refractivity contribution is -0.131. The number of carbonyl (C=O) groups excluding carboxylic acids is 1. The highest BCUT2D eigenvalue weighted by Gasteiger charge is 2.21. The molecule has 162 valence electrons. The Balaban J connectivity index is 1.30. The quantitative estimate of drug-likeness (QED) is 0.587. The fourth-order valence-corrected chi connectivity index (χ4v) is 3.97. The van der Waals surface area contributed by atoms with Gasteiger partial charge in [0.05, 0.1) is 18.7 Å². The van der Waals surface area contributed by atoms with Crippen molar-refractivity contribution in [2.75, 3.05) is 51.8 Å². The largest absolute Gasteiger partial charge is 0.497 e. The summed E-state index contributed by atoms with van der Waals surface area (Å²) < 4.78 is 5.29. The predicted octanol–water partition coefficient (Wildman–Crippen LogP) is 3.68. The number of carbonyl (C=O) groups is 1. The topological polar surface area (TPSA) is 48.9 Å². The molecular weight excluding hydrogens is 412 g/mol. The van der Waals surface area contributed by atoms with E-state index in [1.54, 1.807) is 18.2 Å². The van der Waals surface area contributed by atoms with Crippen LogP contribution in [-0.2, 0) is 11.3 Å². The highest BCUT2D eigenvalue weighted by atomic mass is 35.5. The van der Waals surface area contributed by atoms with Crippen LogP contribution in [0.2, 0.25) is 5.02 Å². The molecule has 2 aromatic carbocycles. The molecule has 4 rings (SSSR count). The normalized spacial score (nSPS) is 14.6. The van der Waals surface area contributed by atoms with E-state index in [0.29, 0.717) is 18.1 Å². The van der Waals surface area contributed by atoms with E-state index in [0.717, 1.165) is 54.1 Å². The molecule has 0 unspecified atom stereocenters. The van der Waals surface area contributed by atoms with Crippen molar-refractivity contribution in [3.05, 3.63) is 65.3 Å². The number of likely N-dealkylation sites (N-methyl/N-ethyl adjacent to an activating group) is 1. The number of hydrogen-bond acceptors (Lipinski definition) is 5. The van der Waals surface area contributed by atoms with Gasteiger partial charge in [0, 0.05) is 46.0 Å². The average Bonchev–Trinajstić information content (AvgIpc) is 2.79. The number of nitrogens with zero attached hydrogens (tertiary/aromatic N) is 4. The molecule has 0 radical (unpaired) electrons. The Bertz CT molecular complexity index is 1050. The van der Waals surface area contributed by atoms with Gasteiger partial charge in [-0.1, -0.05) is 29.8 Å². The first-order chi connectivity index (χ1) is 15.0. The fraction of sp³-hybridized carbons (Fsp3) is 0.333. The smallest absolute Gasteiger partial charge is 0.236 e. The van der Waals surface area contributed by atoms with E-state index < -0.39 is 0 Å². The lowest BCUT2D eigenvalue weighted by Crippen LogP contribution is -2.49. The molecule has 1 saturated heterocycles. The number of amides is 1. The third kappa shape index (κ3) is 5.27. The Hall–Kier alpha value is -2.83. The average molecular weight is 439 g/mol. The monoisotopic (exact) mass is 438 g/mol. The van der Waals surface area contributed by atoms with Crippen LogP contribution in [-0.4, -0.2) is 67.6 Å². The van der Waals surface area contributed by atoms with Crippen LogP contribution in [0.25, 0.3) is 10.8 Å². The summed E-state index contributed by atoms with van der Waals surface area (Å²) in [5.41, 5.74) is 1.12. The summed E-state index contributed by atoms with van der Waals surface area (Å²) in [4.78, 5) is 23.4. The van der Waals surface area contributed by atoms with Crippen molar-refractivity contribution in [1.29, 1.82) is 0 Å². The number of piperazine rings is 1. The minimum Gasteiger partial charge on any atom is -0.497 e. The highest BCUT2D eigenvalue weighted by molar-refractivity contribution is 6.30. The van der Waals surface area contributed by atoms with Crippen molar-refractivity contribution in [3.63, 3.8) is 0 Å². The number of rotatable bonds is 6. The first-order valence-electron chi connectivity index (χ1n) is 10.4. The van der Waals surface area contributed by atoms with E-state index >= 15 is 0 Å². The zero-order valence-corrected chi connectivity index (χ0v) is 18.7. The van der Waals surface area contributed by atoms with E-state index in [2.05, 4.69) is 39.0 Å². The first-order valence-corrected chi connectivity index (χ1v) is 10.8. The molecule has 0 spiro atoms. The molecule has 2 heterocycles. The Morgan fingerprint density at radius 1 is 1.06 bits per heavy atom. The van der Waals surface area contributed by atoms with E-state index in [4.69, 9.17) is 16.3 Å². The third-order valence-electron chi connectivity index (χ3n) is 5.72. The van der Waals surface area contributed by atoms with Crippen LogP contribution in [0.5, 0.6) is 5.75 Å². The number of methoxy groups -OCH3 is 1. The maximum atomic E-state index is 12.8. The van der Waals surface area contributed by atoms with Crippen LogP contribution in [0, 0.1) is 0 Å². The van der Waals surface area contributed by atoms with Gasteiger partial charge in [-0.3, -0.25) is 9.69 Å². The van der Waals surface area contributed by atoms with E-state index in [1.165, 1.54) is 0 Å². The second-order valence-electron chi connectivity index (χ2n) is 7.90. The lowest BCUT2D eigenvalue weighted by Gasteiger charge is -2.35. The molecule has 0 N–H and O–H groups in total. The Morgan fingerprint density at radius 2 is 1.81 bits per heavy atom. The standard InChI is InChI=1S/C24H27ClN4O2/c1-27(16-18-3-4-20-14-22(31-2)7-5-19(20)13-18)24(30)17-28-9-11-29(12-10-28)23-8-6-21(25)15-26-23/h3-8,13-15H,9-12,16-17H2,1-2H3. The van der Waals surface area contributed by atoms with Gasteiger partial charge in [0.25, 0.3) is 0 Å². The van der Waals surface area contributed by atoms with Gasteiger partial charge in [0.15, 0.2) is 0 Å². The van der Waals surface area contributed by atoms with Crippen molar-refractivity contribution in [3.8, 4) is 5.75 Å². The van der Waals surface area contributed by atoms with Gasteiger partial charge in [0.2, 0.25) is 5.91 Å². The van der Waals surface area contributed by atoms with Crippen LogP contribution in [0.4, 0.5) is 5.82 Å². The number of pyridine rings is 1. The van der Waals surface area contributed by atoms with E-state index in [1.807, 2.05) is 31.3 Å². The maximum Gasteiger partial charge on any atom is 0.236 e. The molecule has 0 saturated carbocycles. The van der Waals surface area contributed by atoms with Gasteiger partial charge >= 0.3 is 0 Å². The Kier molecular flexibility index (Phi) is 6.59. The molecule has 7 heteroatoms. The number of aromatic nitrogens is 1. The van der Waals surface area contributed by atoms with Gasteiger partial charge in [0.1, 0.15) is 11.6 Å². The van der Waals surface area contributed by atoms with Crippen molar-refractivity contribution in [2.45, 2.75) is 6.54 Å². The zero-order valence-electron chi connectivity index (χ0n) is 17.9. The summed E-state index contributed by atoms with van der Waals surface area (Å²) in [6.07, 6.45) is 1.67. The van der Waals surface area contributed by atoms with Crippen LogP contribution < -0.4 is 9.64 Å². The summed E-state index contributed by atoms with van der Waals surface area (Å²) >= 11 is 5.92. The lowest BCUT2D eigenvalue weighted by atomic mass is 10.1. The number of halogens is 1. The van der Waals surface area contributed by atoms with Gasteiger partial charge in [-0.25, -0.2) is 4.98 Å². The highest BCUT2D eigenvalue weighted by Crippen LogP contribution is 2.22. The van der Waals surface area contributed by atoms with Gasteiger partial charge in [-0.15, -0.1) is 0 Å². The zero-order chi connectivity index (χ0) is 21.8. The minimum atomic E-state index is 0.132. The number of ether oxygens (including phenoxy) is 1. The van der Waals surface area contributed by atoms with Gasteiger partial charge in [-0.2, -0.15) is 0 Å². The molecule has 1 aliphatic heterocycles. The maximum absolute atomic E-state index is 12.8. The van der Waals surface area contributed by atoms with Gasteiger partial charge < -0.3 is 14.5 Å². The molecule has 6 nitrogen and oxygen atoms in total. The molecule has 0 aliphatic carbocycles. The van der Waals surface area contributed by atoms with Crippen LogP contribution in [0.3, 0.4) is 0 Å². The molecule has 1 aromatic heterocycles. The predicted molar refractivity (Wildman–Crippen MR) is 125 cm³/mol. The molecule has 0 bridgehead atoms. The number of benzene rings is 2. The van der Waals surface area contributed by atoms with Crippen molar-refractivity contribution < 1.29 is 9.53 Å². The molecule has 1 amide bonds. The third-order valence-corrected chi connectivity index (χ3v) is 5.95. The summed E-state index contributed by atoms with van der Waals surface area (Å²) in [6.45, 7) is 4.39. The summed E-state index contributed by atoms with van der Waals surface area (Å²) in [5, 5.41) is 2.92. The van der Waals surface area contributed by atoms with E-state index in [9.17, 15) is 4.79 Å². The SMILES string of the molecule is COc1ccc2cc(CN(C)C(=O)CN3CCN(c4ccc(Cl)cn4)CC3)ccc2c1. The van der Waals surface area contributed by atoms with Crippen molar-refractivity contribution in [1.82, 2.24) is 14.8 Å². The molecule has 1 fully saturated rings. The molecule has 3 aromatic rings. The second kappa shape index (κ2) is 9.54. The number of anilines is 1. The van der Waals surface area contributed by atoms with Crippen LogP contribution in [0.15, 0.2) is 54.7 Å². The summed E-state index contributed by atoms with van der Waals surface area (Å²) in [7, 11) is 3.54.